The Morgan fingerprint density at radius 1 is 1.64 bits per heavy atom. The molecule has 3 heteroatoms. The van der Waals surface area contributed by atoms with Crippen molar-refractivity contribution in [3.05, 3.63) is 22.6 Å². The van der Waals surface area contributed by atoms with Crippen molar-refractivity contribution in [3.63, 3.8) is 0 Å². The summed E-state index contributed by atoms with van der Waals surface area (Å²) in [6, 6.07) is 3.92. The van der Waals surface area contributed by atoms with E-state index in [0.29, 0.717) is 0 Å². The standard InChI is InChI=1S/C11H15BrO2/c1-11(5-4-8(13)6-11)7-9-2-3-10(12)14-9/h2-3,8,13H,4-7H2,1H3. The van der Waals surface area contributed by atoms with Crippen LogP contribution in [0.3, 0.4) is 0 Å². The summed E-state index contributed by atoms with van der Waals surface area (Å²) in [7, 11) is 0. The first-order valence-corrected chi connectivity index (χ1v) is 5.79. The van der Waals surface area contributed by atoms with Gasteiger partial charge in [-0.2, -0.15) is 0 Å². The average molecular weight is 259 g/mol. The number of halogens is 1. The van der Waals surface area contributed by atoms with Crippen molar-refractivity contribution in [3.8, 4) is 0 Å². The monoisotopic (exact) mass is 258 g/mol. The van der Waals surface area contributed by atoms with Crippen LogP contribution in [0, 0.1) is 5.41 Å². The van der Waals surface area contributed by atoms with E-state index in [2.05, 4.69) is 22.9 Å². The van der Waals surface area contributed by atoms with Crippen LogP contribution in [-0.4, -0.2) is 11.2 Å². The lowest BCUT2D eigenvalue weighted by Crippen LogP contribution is -2.16. The minimum Gasteiger partial charge on any atom is -0.454 e. The van der Waals surface area contributed by atoms with Crippen LogP contribution in [0.1, 0.15) is 31.9 Å². The summed E-state index contributed by atoms with van der Waals surface area (Å²) < 4.78 is 6.27. The van der Waals surface area contributed by atoms with Crippen LogP contribution < -0.4 is 0 Å². The summed E-state index contributed by atoms with van der Waals surface area (Å²) in [5.74, 6) is 1.01. The van der Waals surface area contributed by atoms with Crippen molar-refractivity contribution in [1.82, 2.24) is 0 Å². The van der Waals surface area contributed by atoms with E-state index in [-0.39, 0.29) is 11.5 Å². The largest absolute Gasteiger partial charge is 0.454 e. The molecule has 0 amide bonds. The maximum absolute atomic E-state index is 9.51. The Morgan fingerprint density at radius 2 is 2.43 bits per heavy atom. The van der Waals surface area contributed by atoms with Crippen molar-refractivity contribution < 1.29 is 9.52 Å². The Morgan fingerprint density at radius 3 is 2.93 bits per heavy atom. The van der Waals surface area contributed by atoms with Gasteiger partial charge in [-0.25, -0.2) is 0 Å². The third kappa shape index (κ3) is 2.20. The molecule has 0 aliphatic heterocycles. The first kappa shape index (κ1) is 10.2. The fourth-order valence-corrected chi connectivity index (χ4v) is 2.66. The van der Waals surface area contributed by atoms with Gasteiger partial charge in [0.2, 0.25) is 0 Å². The zero-order valence-electron chi connectivity index (χ0n) is 8.29. The number of hydrogen-bond acceptors (Lipinski definition) is 2. The number of rotatable bonds is 2. The molecule has 2 atom stereocenters. The van der Waals surface area contributed by atoms with Crippen molar-refractivity contribution in [1.29, 1.82) is 0 Å². The Labute approximate surface area is 92.4 Å². The second kappa shape index (κ2) is 3.70. The first-order chi connectivity index (χ1) is 6.57. The second-order valence-electron chi connectivity index (χ2n) is 4.59. The molecule has 1 aliphatic rings. The molecule has 1 fully saturated rings. The third-order valence-electron chi connectivity index (χ3n) is 3.04. The SMILES string of the molecule is CC1(Cc2ccc(Br)o2)CCC(O)C1. The number of hydrogen-bond donors (Lipinski definition) is 1. The predicted molar refractivity (Wildman–Crippen MR) is 58.1 cm³/mol. The predicted octanol–water partition coefficient (Wildman–Crippen LogP) is 3.14. The van der Waals surface area contributed by atoms with E-state index < -0.39 is 0 Å². The van der Waals surface area contributed by atoms with Crippen molar-refractivity contribution in [2.24, 2.45) is 5.41 Å². The second-order valence-corrected chi connectivity index (χ2v) is 5.37. The van der Waals surface area contributed by atoms with Crippen molar-refractivity contribution >= 4 is 15.9 Å². The van der Waals surface area contributed by atoms with Gasteiger partial charge in [0.25, 0.3) is 0 Å². The molecule has 14 heavy (non-hydrogen) atoms. The highest BCUT2D eigenvalue weighted by atomic mass is 79.9. The van der Waals surface area contributed by atoms with Gasteiger partial charge in [0.05, 0.1) is 6.10 Å². The van der Waals surface area contributed by atoms with Crippen LogP contribution in [-0.2, 0) is 6.42 Å². The van der Waals surface area contributed by atoms with Gasteiger partial charge in [0.15, 0.2) is 4.67 Å². The van der Waals surface area contributed by atoms with E-state index in [1.807, 2.05) is 12.1 Å². The van der Waals surface area contributed by atoms with Gasteiger partial charge in [-0.1, -0.05) is 6.92 Å². The normalized spacial score (nSPS) is 32.4. The Bertz CT molecular complexity index is 321. The van der Waals surface area contributed by atoms with Gasteiger partial charge >= 0.3 is 0 Å². The van der Waals surface area contributed by atoms with E-state index in [1.165, 1.54) is 0 Å². The molecular formula is C11H15BrO2. The van der Waals surface area contributed by atoms with Crippen molar-refractivity contribution in [2.45, 2.75) is 38.7 Å². The zero-order valence-corrected chi connectivity index (χ0v) is 9.88. The molecule has 0 bridgehead atoms. The lowest BCUT2D eigenvalue weighted by atomic mass is 9.84. The van der Waals surface area contributed by atoms with E-state index >= 15 is 0 Å². The molecule has 1 N–H and O–H groups in total. The Hall–Kier alpha value is -0.280. The van der Waals surface area contributed by atoms with Crippen LogP contribution in [0.2, 0.25) is 0 Å². The lowest BCUT2D eigenvalue weighted by molar-refractivity contribution is 0.161. The van der Waals surface area contributed by atoms with Crippen LogP contribution in [0.5, 0.6) is 0 Å². The highest BCUT2D eigenvalue weighted by Gasteiger charge is 2.34. The fourth-order valence-electron chi connectivity index (χ4n) is 2.32. The molecular weight excluding hydrogens is 244 g/mol. The molecule has 0 aromatic carbocycles. The summed E-state index contributed by atoms with van der Waals surface area (Å²) >= 11 is 3.29. The molecule has 1 saturated carbocycles. The molecule has 1 heterocycles. The lowest BCUT2D eigenvalue weighted by Gasteiger charge is -2.21. The smallest absolute Gasteiger partial charge is 0.169 e. The molecule has 1 aromatic heterocycles. The maximum Gasteiger partial charge on any atom is 0.169 e. The minimum atomic E-state index is -0.113. The molecule has 0 saturated heterocycles. The number of aliphatic hydroxyl groups excluding tert-OH is 1. The molecule has 1 aromatic rings. The van der Waals surface area contributed by atoms with Crippen molar-refractivity contribution in [2.75, 3.05) is 0 Å². The van der Waals surface area contributed by atoms with Crippen LogP contribution in [0.4, 0.5) is 0 Å². The fraction of sp³-hybridized carbons (Fsp3) is 0.636. The molecule has 1 aliphatic carbocycles. The maximum atomic E-state index is 9.51. The summed E-state index contributed by atoms with van der Waals surface area (Å²) in [6.45, 7) is 2.22. The van der Waals surface area contributed by atoms with Crippen LogP contribution in [0.15, 0.2) is 21.2 Å². The van der Waals surface area contributed by atoms with E-state index in [1.54, 1.807) is 0 Å². The number of aliphatic hydroxyl groups is 1. The molecule has 2 unspecified atom stereocenters. The number of furan rings is 1. The highest BCUT2D eigenvalue weighted by Crippen LogP contribution is 2.40. The van der Waals surface area contributed by atoms with Gasteiger partial charge in [-0.3, -0.25) is 0 Å². The Kier molecular flexibility index (Phi) is 2.71. The van der Waals surface area contributed by atoms with Crippen LogP contribution in [0.25, 0.3) is 0 Å². The summed E-state index contributed by atoms with van der Waals surface area (Å²) in [6.07, 6.45) is 3.73. The van der Waals surface area contributed by atoms with E-state index in [4.69, 9.17) is 4.42 Å². The van der Waals surface area contributed by atoms with E-state index in [9.17, 15) is 5.11 Å². The molecule has 78 valence electrons. The highest BCUT2D eigenvalue weighted by molar-refractivity contribution is 9.10. The van der Waals surface area contributed by atoms with E-state index in [0.717, 1.165) is 36.1 Å². The third-order valence-corrected chi connectivity index (χ3v) is 3.47. The molecule has 0 spiro atoms. The molecule has 0 radical (unpaired) electrons. The summed E-state index contributed by atoms with van der Waals surface area (Å²) in [4.78, 5) is 0. The van der Waals surface area contributed by atoms with Crippen LogP contribution >= 0.6 is 15.9 Å². The van der Waals surface area contributed by atoms with Gasteiger partial charge in [0.1, 0.15) is 5.76 Å². The van der Waals surface area contributed by atoms with Gasteiger partial charge in [-0.05, 0) is 52.7 Å². The summed E-state index contributed by atoms with van der Waals surface area (Å²) in [5, 5.41) is 9.51. The summed E-state index contributed by atoms with van der Waals surface area (Å²) in [5.41, 5.74) is 0.219. The van der Waals surface area contributed by atoms with Gasteiger partial charge in [0, 0.05) is 6.42 Å². The average Bonchev–Trinajstić information content (AvgIpc) is 2.60. The van der Waals surface area contributed by atoms with Gasteiger partial charge in [-0.15, -0.1) is 0 Å². The quantitative estimate of drug-likeness (QED) is 0.885. The minimum absolute atomic E-state index is 0.113. The molecule has 2 nitrogen and oxygen atoms in total. The van der Waals surface area contributed by atoms with Gasteiger partial charge < -0.3 is 9.52 Å². The Balaban J connectivity index is 2.03. The molecule has 2 rings (SSSR count). The first-order valence-electron chi connectivity index (χ1n) is 5.00. The topological polar surface area (TPSA) is 33.4 Å². The zero-order chi connectivity index (χ0) is 10.2.